The van der Waals surface area contributed by atoms with Gasteiger partial charge in [0.25, 0.3) is 0 Å². The topological polar surface area (TPSA) is 0 Å². The first-order valence-electron chi connectivity index (χ1n) is 2.64. The first kappa shape index (κ1) is 12.3. The zero-order chi connectivity index (χ0) is 5.28. The predicted octanol–water partition coefficient (Wildman–Crippen LogP) is 2.70. The van der Waals surface area contributed by atoms with Gasteiger partial charge in [-0.05, 0) is 20.3 Å². The van der Waals surface area contributed by atoms with Crippen LogP contribution < -0.4 is 0 Å². The maximum absolute atomic E-state index is 2.25. The second-order valence-electron chi connectivity index (χ2n) is 2.01. The van der Waals surface area contributed by atoms with Crippen LogP contribution >= 0.6 is 12.4 Å². The van der Waals surface area contributed by atoms with Gasteiger partial charge in [0.2, 0.25) is 0 Å². The molecule has 0 amide bonds. The monoisotopic (exact) mass is 220 g/mol. The second kappa shape index (κ2) is 5.44. The van der Waals surface area contributed by atoms with E-state index in [-0.39, 0.29) is 38.6 Å². The summed E-state index contributed by atoms with van der Waals surface area (Å²) in [5, 5.41) is 0. The quantitative estimate of drug-likeness (QED) is 0.590. The third kappa shape index (κ3) is 3.37. The molecule has 0 fully saturated rings. The Morgan fingerprint density at radius 1 is 1.11 bits per heavy atom. The SMILES string of the molecule is CC1=CCC=C1C.Cl.[Zr]. The average Bonchev–Trinajstić information content (AvgIpc) is 1.91. The summed E-state index contributed by atoms with van der Waals surface area (Å²) in [6.07, 6.45) is 5.64. The van der Waals surface area contributed by atoms with Gasteiger partial charge in [-0.25, -0.2) is 0 Å². The van der Waals surface area contributed by atoms with Gasteiger partial charge in [0, 0.05) is 26.2 Å². The van der Waals surface area contributed by atoms with E-state index in [1.807, 2.05) is 0 Å². The van der Waals surface area contributed by atoms with Gasteiger partial charge in [-0.15, -0.1) is 12.4 Å². The molecule has 2 heteroatoms. The summed E-state index contributed by atoms with van der Waals surface area (Å²) in [4.78, 5) is 0. The van der Waals surface area contributed by atoms with E-state index in [0.29, 0.717) is 0 Å². The van der Waals surface area contributed by atoms with Crippen LogP contribution in [0.2, 0.25) is 0 Å². The van der Waals surface area contributed by atoms with E-state index in [4.69, 9.17) is 0 Å². The molecule has 0 N–H and O–H groups in total. The minimum absolute atomic E-state index is 0. The normalized spacial score (nSPS) is 14.9. The van der Waals surface area contributed by atoms with Crippen LogP contribution in [0.1, 0.15) is 20.3 Å². The van der Waals surface area contributed by atoms with Gasteiger partial charge in [0.05, 0.1) is 0 Å². The number of hydrogen-bond donors (Lipinski definition) is 0. The van der Waals surface area contributed by atoms with E-state index in [1.165, 1.54) is 11.1 Å². The molecule has 0 saturated carbocycles. The summed E-state index contributed by atoms with van der Waals surface area (Å²) in [7, 11) is 0. The van der Waals surface area contributed by atoms with Crippen LogP contribution in [0.15, 0.2) is 23.3 Å². The molecular formula is C7H11ClZr. The number of rotatable bonds is 0. The van der Waals surface area contributed by atoms with Crippen molar-refractivity contribution in [2.24, 2.45) is 0 Å². The van der Waals surface area contributed by atoms with Gasteiger partial charge in [-0.3, -0.25) is 0 Å². The molecule has 0 atom stereocenters. The maximum atomic E-state index is 2.25. The summed E-state index contributed by atoms with van der Waals surface area (Å²) < 4.78 is 0. The van der Waals surface area contributed by atoms with Gasteiger partial charge in [0.1, 0.15) is 0 Å². The van der Waals surface area contributed by atoms with Crippen molar-refractivity contribution in [2.75, 3.05) is 0 Å². The molecular weight excluding hydrogens is 211 g/mol. The Balaban J connectivity index is 0. The van der Waals surface area contributed by atoms with Gasteiger partial charge in [0.15, 0.2) is 0 Å². The van der Waals surface area contributed by atoms with Crippen molar-refractivity contribution in [3.8, 4) is 0 Å². The Morgan fingerprint density at radius 3 is 1.56 bits per heavy atom. The number of allylic oxidation sites excluding steroid dienone is 4. The zero-order valence-corrected chi connectivity index (χ0v) is 9.04. The molecule has 0 radical (unpaired) electrons. The number of halogens is 1. The van der Waals surface area contributed by atoms with Gasteiger partial charge in [-0.2, -0.15) is 0 Å². The van der Waals surface area contributed by atoms with Gasteiger partial charge < -0.3 is 0 Å². The van der Waals surface area contributed by atoms with Crippen LogP contribution in [0.4, 0.5) is 0 Å². The molecule has 0 bridgehead atoms. The summed E-state index contributed by atoms with van der Waals surface area (Å²) >= 11 is 0. The largest absolute Gasteiger partial charge is 0.147 e. The second-order valence-corrected chi connectivity index (χ2v) is 2.01. The van der Waals surface area contributed by atoms with Crippen molar-refractivity contribution in [3.05, 3.63) is 23.3 Å². The Hall–Kier alpha value is 0.653. The molecule has 0 heterocycles. The fourth-order valence-corrected chi connectivity index (χ4v) is 0.734. The molecule has 1 aliphatic carbocycles. The van der Waals surface area contributed by atoms with Crippen molar-refractivity contribution in [2.45, 2.75) is 20.3 Å². The molecule has 1 aliphatic rings. The fraction of sp³-hybridized carbons (Fsp3) is 0.429. The molecule has 9 heavy (non-hydrogen) atoms. The Bertz CT molecular complexity index is 120. The zero-order valence-electron chi connectivity index (χ0n) is 5.77. The van der Waals surface area contributed by atoms with Crippen LogP contribution in [0.5, 0.6) is 0 Å². The molecule has 0 spiro atoms. The third-order valence-corrected chi connectivity index (χ3v) is 1.47. The van der Waals surface area contributed by atoms with E-state index < -0.39 is 0 Å². The Labute approximate surface area is 81.9 Å². The minimum atomic E-state index is 0. The van der Waals surface area contributed by atoms with E-state index in [9.17, 15) is 0 Å². The third-order valence-electron chi connectivity index (χ3n) is 1.47. The van der Waals surface area contributed by atoms with Crippen molar-refractivity contribution < 1.29 is 26.2 Å². The summed E-state index contributed by atoms with van der Waals surface area (Å²) in [6.45, 7) is 4.30. The van der Waals surface area contributed by atoms with Crippen molar-refractivity contribution in [3.63, 3.8) is 0 Å². The molecule has 50 valence electrons. The van der Waals surface area contributed by atoms with Crippen LogP contribution in [0, 0.1) is 0 Å². The van der Waals surface area contributed by atoms with E-state index in [0.717, 1.165) is 6.42 Å². The molecule has 0 aromatic rings. The average molecular weight is 222 g/mol. The minimum Gasteiger partial charge on any atom is -0.147 e. The van der Waals surface area contributed by atoms with Crippen LogP contribution in [0.25, 0.3) is 0 Å². The summed E-state index contributed by atoms with van der Waals surface area (Å²) in [5.41, 5.74) is 2.89. The molecule has 1 rings (SSSR count). The number of hydrogen-bond acceptors (Lipinski definition) is 0. The van der Waals surface area contributed by atoms with Gasteiger partial charge in [-0.1, -0.05) is 23.3 Å². The van der Waals surface area contributed by atoms with Crippen LogP contribution in [-0.4, -0.2) is 0 Å². The van der Waals surface area contributed by atoms with Gasteiger partial charge >= 0.3 is 0 Å². The molecule has 0 nitrogen and oxygen atoms in total. The van der Waals surface area contributed by atoms with Crippen molar-refractivity contribution in [1.82, 2.24) is 0 Å². The Morgan fingerprint density at radius 2 is 1.44 bits per heavy atom. The molecule has 0 aromatic heterocycles. The smallest absolute Gasteiger partial charge is 0 e. The fourth-order valence-electron chi connectivity index (χ4n) is 0.734. The summed E-state index contributed by atoms with van der Waals surface area (Å²) in [6, 6.07) is 0. The van der Waals surface area contributed by atoms with Crippen molar-refractivity contribution in [1.29, 1.82) is 0 Å². The maximum Gasteiger partial charge on any atom is 0 e. The van der Waals surface area contributed by atoms with E-state index in [1.54, 1.807) is 0 Å². The standard InChI is InChI=1S/C7H10.ClH.Zr/c1-6-4-3-5-7(6)2;;/h4-5H,3H2,1-2H3;1H;. The van der Waals surface area contributed by atoms with E-state index >= 15 is 0 Å². The van der Waals surface area contributed by atoms with E-state index in [2.05, 4.69) is 26.0 Å². The molecule has 0 aliphatic heterocycles. The van der Waals surface area contributed by atoms with Crippen LogP contribution in [-0.2, 0) is 26.2 Å². The summed E-state index contributed by atoms with van der Waals surface area (Å²) in [5.74, 6) is 0. The first-order valence-corrected chi connectivity index (χ1v) is 2.64. The molecule has 0 saturated heterocycles. The van der Waals surface area contributed by atoms with Crippen LogP contribution in [0.3, 0.4) is 0 Å². The predicted molar refractivity (Wildman–Crippen MR) is 39.4 cm³/mol. The van der Waals surface area contributed by atoms with Crippen molar-refractivity contribution >= 4 is 12.4 Å². The molecule has 0 aromatic carbocycles. The first-order chi connectivity index (χ1) is 3.30. The Kier molecular flexibility index (Phi) is 7.46. The molecule has 0 unspecified atom stereocenters.